The van der Waals surface area contributed by atoms with Gasteiger partial charge >= 0.3 is 0 Å². The highest BCUT2D eigenvalue weighted by molar-refractivity contribution is 6.29. The van der Waals surface area contributed by atoms with E-state index in [1.165, 1.54) is 0 Å². The van der Waals surface area contributed by atoms with Crippen LogP contribution in [0, 0.1) is 11.3 Å². The van der Waals surface area contributed by atoms with Crippen LogP contribution >= 0.6 is 11.6 Å². The van der Waals surface area contributed by atoms with Crippen LogP contribution in [0.15, 0.2) is 6.07 Å². The van der Waals surface area contributed by atoms with Crippen molar-refractivity contribution in [1.82, 2.24) is 10.2 Å². The molecule has 68 valence electrons. The lowest BCUT2D eigenvalue weighted by molar-refractivity contribution is 0.582. The average Bonchev–Trinajstić information content (AvgIpc) is 2.03. The van der Waals surface area contributed by atoms with Gasteiger partial charge in [-0.3, -0.25) is 0 Å². The van der Waals surface area contributed by atoms with Crippen molar-refractivity contribution in [3.8, 4) is 6.07 Å². The van der Waals surface area contributed by atoms with Crippen molar-refractivity contribution in [2.75, 3.05) is 0 Å². The molecule has 0 unspecified atom stereocenters. The average molecular weight is 196 g/mol. The first-order chi connectivity index (χ1) is 5.95. The second-order valence-electron chi connectivity index (χ2n) is 3.79. The lowest BCUT2D eigenvalue weighted by Crippen LogP contribution is -2.14. The van der Waals surface area contributed by atoms with Crippen LogP contribution in [0.3, 0.4) is 0 Å². The van der Waals surface area contributed by atoms with E-state index in [4.69, 9.17) is 16.9 Å². The van der Waals surface area contributed by atoms with Crippen LogP contribution in [0.5, 0.6) is 0 Å². The molecule has 0 aromatic carbocycles. The van der Waals surface area contributed by atoms with Gasteiger partial charge in [-0.2, -0.15) is 5.26 Å². The summed E-state index contributed by atoms with van der Waals surface area (Å²) in [6, 6.07) is 3.68. The number of rotatable bonds is 0. The highest BCUT2D eigenvalue weighted by Crippen LogP contribution is 2.25. The highest BCUT2D eigenvalue weighted by atomic mass is 35.5. The molecule has 0 bridgehead atoms. The number of halogens is 1. The third-order valence-electron chi connectivity index (χ3n) is 1.68. The number of hydrogen-bond acceptors (Lipinski definition) is 3. The minimum atomic E-state index is -0.134. The zero-order valence-corrected chi connectivity index (χ0v) is 8.55. The second-order valence-corrected chi connectivity index (χ2v) is 4.18. The lowest BCUT2D eigenvalue weighted by Gasteiger charge is -2.19. The van der Waals surface area contributed by atoms with Crippen molar-refractivity contribution in [3.63, 3.8) is 0 Å². The largest absolute Gasteiger partial charge is 0.191 e. The smallest absolute Gasteiger partial charge is 0.166 e. The van der Waals surface area contributed by atoms with Gasteiger partial charge in [0.2, 0.25) is 0 Å². The Bertz CT molecular complexity index is 360. The molecule has 1 aromatic heterocycles. The minimum absolute atomic E-state index is 0.134. The van der Waals surface area contributed by atoms with E-state index in [1.807, 2.05) is 26.8 Å². The molecule has 0 fully saturated rings. The Kier molecular flexibility index (Phi) is 2.53. The molecule has 1 aromatic rings. The van der Waals surface area contributed by atoms with Crippen molar-refractivity contribution in [2.45, 2.75) is 26.2 Å². The summed E-state index contributed by atoms with van der Waals surface area (Å²) in [6.45, 7) is 6.00. The van der Waals surface area contributed by atoms with E-state index in [0.717, 1.165) is 5.56 Å². The van der Waals surface area contributed by atoms with Crippen LogP contribution in [0.1, 0.15) is 32.0 Å². The molecule has 0 amide bonds. The van der Waals surface area contributed by atoms with Crippen molar-refractivity contribution in [2.24, 2.45) is 0 Å². The Morgan fingerprint density at radius 3 is 2.46 bits per heavy atom. The standard InChI is InChI=1S/C9H10ClN3/c1-9(2,3)6-4-8(10)13-12-7(6)5-11/h4H,1-3H3. The zero-order chi connectivity index (χ0) is 10.1. The molecule has 3 nitrogen and oxygen atoms in total. The first-order valence-corrected chi connectivity index (χ1v) is 4.27. The lowest BCUT2D eigenvalue weighted by atomic mass is 9.86. The predicted octanol–water partition coefficient (Wildman–Crippen LogP) is 2.30. The van der Waals surface area contributed by atoms with Crippen LogP contribution in [0.2, 0.25) is 5.15 Å². The summed E-state index contributed by atoms with van der Waals surface area (Å²) in [5.74, 6) is 0. The highest BCUT2D eigenvalue weighted by Gasteiger charge is 2.19. The Labute approximate surface area is 82.4 Å². The molecule has 4 heteroatoms. The van der Waals surface area contributed by atoms with E-state index >= 15 is 0 Å². The fraction of sp³-hybridized carbons (Fsp3) is 0.444. The molecule has 0 N–H and O–H groups in total. The number of nitriles is 1. The van der Waals surface area contributed by atoms with Crippen LogP contribution in [0.4, 0.5) is 0 Å². The summed E-state index contributed by atoms with van der Waals surface area (Å²) in [4.78, 5) is 0. The van der Waals surface area contributed by atoms with Gasteiger partial charge in [0.1, 0.15) is 6.07 Å². The summed E-state index contributed by atoms with van der Waals surface area (Å²) in [5, 5.41) is 16.4. The van der Waals surface area contributed by atoms with E-state index < -0.39 is 0 Å². The van der Waals surface area contributed by atoms with Gasteiger partial charge in [0.05, 0.1) is 0 Å². The maximum Gasteiger partial charge on any atom is 0.166 e. The normalized spacial score (nSPS) is 11.0. The van der Waals surface area contributed by atoms with Crippen molar-refractivity contribution in [1.29, 1.82) is 5.26 Å². The van der Waals surface area contributed by atoms with Gasteiger partial charge in [0.25, 0.3) is 0 Å². The van der Waals surface area contributed by atoms with E-state index in [-0.39, 0.29) is 5.41 Å². The van der Waals surface area contributed by atoms with Gasteiger partial charge < -0.3 is 0 Å². The van der Waals surface area contributed by atoms with Gasteiger partial charge in [0.15, 0.2) is 10.8 Å². The van der Waals surface area contributed by atoms with E-state index in [1.54, 1.807) is 6.07 Å². The summed E-state index contributed by atoms with van der Waals surface area (Å²) >= 11 is 5.70. The molecular weight excluding hydrogens is 186 g/mol. The molecule has 0 spiro atoms. The van der Waals surface area contributed by atoms with Gasteiger partial charge in [-0.05, 0) is 17.0 Å². The topological polar surface area (TPSA) is 49.6 Å². The van der Waals surface area contributed by atoms with E-state index in [0.29, 0.717) is 10.8 Å². The number of hydrogen-bond donors (Lipinski definition) is 0. The molecule has 0 aliphatic heterocycles. The molecule has 0 saturated carbocycles. The van der Waals surface area contributed by atoms with E-state index in [9.17, 15) is 0 Å². The molecule has 1 heterocycles. The first-order valence-electron chi connectivity index (χ1n) is 3.89. The monoisotopic (exact) mass is 195 g/mol. The third kappa shape index (κ3) is 2.16. The molecule has 0 atom stereocenters. The molecule has 0 aliphatic rings. The van der Waals surface area contributed by atoms with Gasteiger partial charge in [-0.1, -0.05) is 32.4 Å². The van der Waals surface area contributed by atoms with Crippen molar-refractivity contribution < 1.29 is 0 Å². The van der Waals surface area contributed by atoms with Crippen LogP contribution < -0.4 is 0 Å². The van der Waals surface area contributed by atoms with Crippen molar-refractivity contribution in [3.05, 3.63) is 22.5 Å². The molecule has 1 rings (SSSR count). The number of nitrogens with zero attached hydrogens (tertiary/aromatic N) is 3. The van der Waals surface area contributed by atoms with Crippen molar-refractivity contribution >= 4 is 11.6 Å². The summed E-state index contributed by atoms with van der Waals surface area (Å²) in [5.41, 5.74) is 1.04. The van der Waals surface area contributed by atoms with Gasteiger partial charge in [0, 0.05) is 0 Å². The first kappa shape index (κ1) is 9.94. The second kappa shape index (κ2) is 3.31. The SMILES string of the molecule is CC(C)(C)c1cc(Cl)nnc1C#N. The summed E-state index contributed by atoms with van der Waals surface area (Å²) in [6.07, 6.45) is 0. The maximum absolute atomic E-state index is 8.78. The van der Waals surface area contributed by atoms with Gasteiger partial charge in [-0.15, -0.1) is 10.2 Å². The fourth-order valence-corrected chi connectivity index (χ4v) is 1.17. The Hall–Kier alpha value is -1.14. The predicted molar refractivity (Wildman–Crippen MR) is 50.5 cm³/mol. The maximum atomic E-state index is 8.78. The molecule has 0 aliphatic carbocycles. The number of aromatic nitrogens is 2. The Morgan fingerprint density at radius 2 is 2.00 bits per heavy atom. The van der Waals surface area contributed by atoms with Crippen LogP contribution in [-0.4, -0.2) is 10.2 Å². The Balaban J connectivity index is 3.35. The van der Waals surface area contributed by atoms with Crippen LogP contribution in [-0.2, 0) is 5.41 Å². The molecular formula is C9H10ClN3. The zero-order valence-electron chi connectivity index (χ0n) is 7.80. The summed E-state index contributed by atoms with van der Waals surface area (Å²) in [7, 11) is 0. The Morgan fingerprint density at radius 1 is 1.38 bits per heavy atom. The van der Waals surface area contributed by atoms with Gasteiger partial charge in [-0.25, -0.2) is 0 Å². The molecule has 0 radical (unpaired) electrons. The molecule has 13 heavy (non-hydrogen) atoms. The quantitative estimate of drug-likeness (QED) is 0.638. The molecule has 0 saturated heterocycles. The van der Waals surface area contributed by atoms with Crippen LogP contribution in [0.25, 0.3) is 0 Å². The van der Waals surface area contributed by atoms with E-state index in [2.05, 4.69) is 10.2 Å². The fourth-order valence-electron chi connectivity index (χ4n) is 1.02. The minimum Gasteiger partial charge on any atom is -0.191 e. The summed E-state index contributed by atoms with van der Waals surface area (Å²) < 4.78 is 0. The third-order valence-corrected chi connectivity index (χ3v) is 1.86.